The van der Waals surface area contributed by atoms with Crippen LogP contribution < -0.4 is 9.47 Å². The molecule has 2 aliphatic heterocycles. The number of terminal acetylenes is 1. The van der Waals surface area contributed by atoms with Gasteiger partial charge in [-0.15, -0.1) is 6.42 Å². The lowest BCUT2D eigenvalue weighted by Crippen LogP contribution is -2.35. The number of hydrogen-bond donors (Lipinski definition) is 2. The van der Waals surface area contributed by atoms with Gasteiger partial charge in [0.15, 0.2) is 0 Å². The highest BCUT2D eigenvalue weighted by Gasteiger charge is 2.31. The zero-order valence-corrected chi connectivity index (χ0v) is 21.6. The Morgan fingerprint density at radius 3 is 2.59 bits per heavy atom. The Morgan fingerprint density at radius 1 is 1.14 bits per heavy atom. The van der Waals surface area contributed by atoms with Crippen LogP contribution in [0.3, 0.4) is 0 Å². The Labute approximate surface area is 219 Å². The van der Waals surface area contributed by atoms with Gasteiger partial charge in [0.25, 0.3) is 0 Å². The third-order valence-corrected chi connectivity index (χ3v) is 7.49. The van der Waals surface area contributed by atoms with E-state index in [0.29, 0.717) is 29.5 Å². The van der Waals surface area contributed by atoms with Crippen LogP contribution in [0.15, 0.2) is 60.7 Å². The number of phenols is 2. The number of rotatable bonds is 6. The zero-order valence-electron chi connectivity index (χ0n) is 21.6. The molecule has 1 saturated heterocycles. The predicted octanol–water partition coefficient (Wildman–Crippen LogP) is 6.25. The SMILES string of the molecule is C#Cc1c(O)ccc2c1C(C)=C(c1cccc(O)c1)C(c1ccc(OC[C@H](C)N3CC[C@@H](C)C3)cc1)O2. The maximum absolute atomic E-state index is 10.4. The normalized spacial score (nSPS) is 20.2. The van der Waals surface area contributed by atoms with E-state index in [0.717, 1.165) is 47.0 Å². The minimum absolute atomic E-state index is 0.0389. The van der Waals surface area contributed by atoms with Crippen molar-refractivity contribution < 1.29 is 19.7 Å². The monoisotopic (exact) mass is 495 g/mol. The first kappa shape index (κ1) is 24.8. The number of allylic oxidation sites excluding steroid dienone is 1. The predicted molar refractivity (Wildman–Crippen MR) is 147 cm³/mol. The van der Waals surface area contributed by atoms with E-state index in [1.54, 1.807) is 30.3 Å². The molecule has 2 aliphatic rings. The lowest BCUT2D eigenvalue weighted by Gasteiger charge is -2.32. The number of phenolic OH excluding ortho intramolecular Hbond substituents is 2. The van der Waals surface area contributed by atoms with Crippen molar-refractivity contribution >= 4 is 11.1 Å². The van der Waals surface area contributed by atoms with Crippen molar-refractivity contribution in [2.24, 2.45) is 5.92 Å². The van der Waals surface area contributed by atoms with Gasteiger partial charge in [-0.05, 0) is 85.8 Å². The Balaban J connectivity index is 1.45. The van der Waals surface area contributed by atoms with Crippen LogP contribution in [-0.2, 0) is 0 Å². The van der Waals surface area contributed by atoms with Crippen molar-refractivity contribution in [3.05, 3.63) is 82.9 Å². The second kappa shape index (κ2) is 10.2. The molecule has 0 saturated carbocycles. The Kier molecular flexibility index (Phi) is 6.86. The van der Waals surface area contributed by atoms with Gasteiger partial charge in [-0.1, -0.05) is 37.1 Å². The van der Waals surface area contributed by atoms with Crippen LogP contribution in [0.2, 0.25) is 0 Å². The third kappa shape index (κ3) is 4.90. The summed E-state index contributed by atoms with van der Waals surface area (Å²) >= 11 is 0. The second-order valence-corrected chi connectivity index (χ2v) is 10.2. The topological polar surface area (TPSA) is 62.2 Å². The molecule has 3 atom stereocenters. The average molecular weight is 496 g/mol. The molecule has 1 fully saturated rings. The van der Waals surface area contributed by atoms with Crippen molar-refractivity contribution in [2.75, 3.05) is 19.7 Å². The van der Waals surface area contributed by atoms with E-state index in [4.69, 9.17) is 15.9 Å². The van der Waals surface area contributed by atoms with Gasteiger partial charge in [0, 0.05) is 23.7 Å². The van der Waals surface area contributed by atoms with E-state index < -0.39 is 6.10 Å². The first-order valence-corrected chi connectivity index (χ1v) is 12.8. The summed E-state index contributed by atoms with van der Waals surface area (Å²) in [5, 5.41) is 20.6. The van der Waals surface area contributed by atoms with E-state index >= 15 is 0 Å². The molecule has 2 heterocycles. The van der Waals surface area contributed by atoms with Gasteiger partial charge in [0.1, 0.15) is 35.7 Å². The maximum atomic E-state index is 10.4. The van der Waals surface area contributed by atoms with Crippen LogP contribution in [0.1, 0.15) is 55.5 Å². The summed E-state index contributed by atoms with van der Waals surface area (Å²) in [6.07, 6.45) is 6.58. The lowest BCUT2D eigenvalue weighted by molar-refractivity contribution is 0.169. The van der Waals surface area contributed by atoms with Crippen molar-refractivity contribution in [3.63, 3.8) is 0 Å². The Morgan fingerprint density at radius 2 is 1.92 bits per heavy atom. The number of hydrogen-bond acceptors (Lipinski definition) is 5. The molecule has 37 heavy (non-hydrogen) atoms. The highest BCUT2D eigenvalue weighted by molar-refractivity contribution is 5.97. The zero-order chi connectivity index (χ0) is 26.1. The van der Waals surface area contributed by atoms with Gasteiger partial charge in [-0.25, -0.2) is 0 Å². The van der Waals surface area contributed by atoms with Gasteiger partial charge in [-0.2, -0.15) is 0 Å². The number of nitrogens with zero attached hydrogens (tertiary/aromatic N) is 1. The fourth-order valence-electron chi connectivity index (χ4n) is 5.41. The van der Waals surface area contributed by atoms with E-state index in [1.807, 2.05) is 37.3 Å². The molecular weight excluding hydrogens is 462 g/mol. The van der Waals surface area contributed by atoms with Gasteiger partial charge in [-0.3, -0.25) is 4.90 Å². The van der Waals surface area contributed by atoms with Crippen LogP contribution in [0.25, 0.3) is 11.1 Å². The van der Waals surface area contributed by atoms with Crippen molar-refractivity contribution in [1.82, 2.24) is 4.90 Å². The number of aromatic hydroxyl groups is 2. The van der Waals surface area contributed by atoms with Gasteiger partial charge < -0.3 is 19.7 Å². The van der Waals surface area contributed by atoms with Gasteiger partial charge in [0.2, 0.25) is 0 Å². The minimum Gasteiger partial charge on any atom is -0.508 e. The molecule has 3 aromatic carbocycles. The fraction of sp³-hybridized carbons (Fsp3) is 0.312. The van der Waals surface area contributed by atoms with Crippen molar-refractivity contribution in [3.8, 4) is 35.3 Å². The molecule has 0 bridgehead atoms. The fourth-order valence-corrected chi connectivity index (χ4v) is 5.41. The molecule has 5 nitrogen and oxygen atoms in total. The molecular formula is C32H33NO4. The van der Waals surface area contributed by atoms with Crippen LogP contribution in [0.5, 0.6) is 23.0 Å². The summed E-state index contributed by atoms with van der Waals surface area (Å²) in [7, 11) is 0. The van der Waals surface area contributed by atoms with Crippen LogP contribution in [-0.4, -0.2) is 40.9 Å². The Bertz CT molecular complexity index is 1370. The highest BCUT2D eigenvalue weighted by atomic mass is 16.5. The molecule has 0 radical (unpaired) electrons. The summed E-state index contributed by atoms with van der Waals surface area (Å²) in [6.45, 7) is 9.41. The molecule has 2 N–H and O–H groups in total. The summed E-state index contributed by atoms with van der Waals surface area (Å²) < 4.78 is 12.6. The number of likely N-dealkylation sites (tertiary alicyclic amines) is 1. The average Bonchev–Trinajstić information content (AvgIpc) is 3.34. The maximum Gasteiger partial charge on any atom is 0.150 e. The van der Waals surface area contributed by atoms with E-state index in [-0.39, 0.29) is 11.5 Å². The molecule has 0 aromatic heterocycles. The van der Waals surface area contributed by atoms with E-state index in [1.165, 1.54) is 6.42 Å². The first-order valence-electron chi connectivity index (χ1n) is 12.8. The molecule has 190 valence electrons. The molecule has 3 aromatic rings. The smallest absolute Gasteiger partial charge is 0.150 e. The molecule has 0 aliphatic carbocycles. The quantitative estimate of drug-likeness (QED) is 0.396. The number of ether oxygens (including phenoxy) is 2. The molecule has 5 rings (SSSR count). The van der Waals surface area contributed by atoms with Crippen molar-refractivity contribution in [1.29, 1.82) is 0 Å². The lowest BCUT2D eigenvalue weighted by atomic mass is 9.84. The highest BCUT2D eigenvalue weighted by Crippen LogP contribution is 2.49. The van der Waals surface area contributed by atoms with E-state index in [9.17, 15) is 10.2 Å². The summed E-state index contributed by atoms with van der Waals surface area (Å²) in [6, 6.07) is 18.8. The first-order chi connectivity index (χ1) is 17.9. The number of benzene rings is 3. The van der Waals surface area contributed by atoms with Crippen LogP contribution >= 0.6 is 0 Å². The molecule has 0 amide bonds. The largest absolute Gasteiger partial charge is 0.508 e. The minimum atomic E-state index is -0.427. The van der Waals surface area contributed by atoms with Gasteiger partial charge in [0.05, 0.1) is 5.56 Å². The van der Waals surface area contributed by atoms with Crippen LogP contribution in [0.4, 0.5) is 0 Å². The number of fused-ring (bicyclic) bond motifs is 1. The second-order valence-electron chi connectivity index (χ2n) is 10.2. The summed E-state index contributed by atoms with van der Waals surface area (Å²) in [4.78, 5) is 2.49. The van der Waals surface area contributed by atoms with Crippen molar-refractivity contribution in [2.45, 2.75) is 39.3 Å². The molecule has 0 spiro atoms. The standard InChI is InChI=1S/C32H33NO4/c1-5-27-28(35)13-14-29-31(27)22(4)30(24-7-6-8-25(34)17-24)32(37-29)23-9-11-26(12-10-23)36-19-21(3)33-16-15-20(2)18-33/h1,6-14,17,20-21,32,34-35H,15-16,18-19H2,2-4H3/t20-,21+,32?/m1/s1. The summed E-state index contributed by atoms with van der Waals surface area (Å²) in [5.41, 5.74) is 4.66. The van der Waals surface area contributed by atoms with Gasteiger partial charge >= 0.3 is 0 Å². The Hall–Kier alpha value is -3.88. The molecule has 5 heteroatoms. The van der Waals surface area contributed by atoms with E-state index in [2.05, 4.69) is 24.7 Å². The van der Waals surface area contributed by atoms with Crippen LogP contribution in [0, 0.1) is 18.3 Å². The third-order valence-electron chi connectivity index (χ3n) is 7.49. The molecule has 1 unspecified atom stereocenters. The summed E-state index contributed by atoms with van der Waals surface area (Å²) in [5.74, 6) is 5.00.